The topological polar surface area (TPSA) is 38.7 Å². The predicted octanol–water partition coefficient (Wildman–Crippen LogP) is 11.1. The Morgan fingerprint density at radius 1 is 0.609 bits per heavy atom. The molecule has 3 aliphatic carbocycles. The van der Waals surface area contributed by atoms with E-state index in [1.165, 1.54) is 75.1 Å². The molecule has 0 heterocycles. The number of benzene rings is 3. The molecule has 46 heavy (non-hydrogen) atoms. The first-order valence-corrected chi connectivity index (χ1v) is 17.3. The van der Waals surface area contributed by atoms with E-state index in [1.54, 1.807) is 19.9 Å². The Labute approximate surface area is 271 Å². The van der Waals surface area contributed by atoms with Crippen LogP contribution >= 0.6 is 0 Å². The highest BCUT2D eigenvalue weighted by molar-refractivity contribution is 5.65. The van der Waals surface area contributed by atoms with Crippen LogP contribution < -0.4 is 9.47 Å². The molecule has 0 radical (unpaired) electrons. The van der Waals surface area contributed by atoms with Gasteiger partial charge in [0.1, 0.15) is 0 Å². The normalized spacial score (nSPS) is 21.1. The largest absolute Gasteiger partial charge is 0.491 e. The fourth-order valence-corrected chi connectivity index (χ4v) is 7.87. The van der Waals surface area contributed by atoms with Gasteiger partial charge < -0.3 is 14.6 Å². The van der Waals surface area contributed by atoms with Gasteiger partial charge in [0.15, 0.2) is 23.1 Å². The summed E-state index contributed by atoms with van der Waals surface area (Å²) in [6, 6.07) is 13.8. The molecule has 3 nitrogen and oxygen atoms in total. The maximum atomic E-state index is 14.3. The minimum absolute atomic E-state index is 0.0227. The van der Waals surface area contributed by atoms with Gasteiger partial charge in [-0.2, -0.15) is 8.78 Å². The standard InChI is InChI=1S/C20H28F2O2.C19H20F2O/c1-2-24-17-12-11-16(18(21)19(17)22)20(23)15-9-7-14(8-10-15)13-5-3-4-6-13;1-2-22-17-12-11-16(18(20)19(17)21)15-9-7-14(8-10-15)13-5-3-4-6-13/h11-15,20,23H,2-10H2,1H3;7-13H,2-6H2,1H3. The minimum atomic E-state index is -0.993. The molecule has 3 aromatic carbocycles. The van der Waals surface area contributed by atoms with Crippen LogP contribution in [0.2, 0.25) is 0 Å². The van der Waals surface area contributed by atoms with Crippen molar-refractivity contribution >= 4 is 0 Å². The van der Waals surface area contributed by atoms with Crippen LogP contribution in [0.3, 0.4) is 0 Å². The fraction of sp³-hybridized carbons (Fsp3) is 0.538. The summed E-state index contributed by atoms with van der Waals surface area (Å²) in [7, 11) is 0. The van der Waals surface area contributed by atoms with Gasteiger partial charge in [-0.25, -0.2) is 8.78 Å². The summed E-state index contributed by atoms with van der Waals surface area (Å²) in [6.07, 6.45) is 13.5. The second-order valence-electron chi connectivity index (χ2n) is 13.2. The number of aliphatic hydroxyl groups excluding tert-OH is 1. The Morgan fingerprint density at radius 2 is 1.13 bits per heavy atom. The molecule has 3 aromatic rings. The molecule has 3 fully saturated rings. The number of hydrogen-bond donors (Lipinski definition) is 1. The van der Waals surface area contributed by atoms with Gasteiger partial charge >= 0.3 is 0 Å². The maximum absolute atomic E-state index is 14.3. The van der Waals surface area contributed by atoms with Crippen LogP contribution in [0.4, 0.5) is 17.6 Å². The third-order valence-corrected chi connectivity index (χ3v) is 10.4. The molecular weight excluding hydrogens is 592 g/mol. The lowest BCUT2D eigenvalue weighted by Crippen LogP contribution is -2.24. The molecule has 3 saturated carbocycles. The Bertz CT molecular complexity index is 1410. The summed E-state index contributed by atoms with van der Waals surface area (Å²) in [5.41, 5.74) is 2.34. The first-order valence-electron chi connectivity index (χ1n) is 17.3. The quantitative estimate of drug-likeness (QED) is 0.237. The van der Waals surface area contributed by atoms with Gasteiger partial charge in [0.2, 0.25) is 11.6 Å². The van der Waals surface area contributed by atoms with E-state index in [4.69, 9.17) is 9.47 Å². The van der Waals surface area contributed by atoms with Crippen molar-refractivity contribution in [1.29, 1.82) is 0 Å². The molecule has 250 valence electrons. The van der Waals surface area contributed by atoms with Crippen LogP contribution in [0.15, 0.2) is 48.5 Å². The molecule has 0 saturated heterocycles. The number of rotatable bonds is 9. The zero-order valence-electron chi connectivity index (χ0n) is 27.2. The van der Waals surface area contributed by atoms with Crippen molar-refractivity contribution in [2.24, 2.45) is 17.8 Å². The van der Waals surface area contributed by atoms with E-state index in [-0.39, 0.29) is 35.2 Å². The van der Waals surface area contributed by atoms with Crippen molar-refractivity contribution in [3.63, 3.8) is 0 Å². The van der Waals surface area contributed by atoms with Gasteiger partial charge in [0.05, 0.1) is 19.3 Å². The zero-order valence-corrected chi connectivity index (χ0v) is 27.2. The zero-order chi connectivity index (χ0) is 32.6. The second kappa shape index (κ2) is 16.2. The summed E-state index contributed by atoms with van der Waals surface area (Å²) < 4.78 is 66.7. The number of hydrogen-bond acceptors (Lipinski definition) is 3. The van der Waals surface area contributed by atoms with E-state index in [9.17, 15) is 22.7 Å². The molecule has 0 aromatic heterocycles. The first kappa shape index (κ1) is 34.3. The smallest absolute Gasteiger partial charge is 0.201 e. The molecule has 3 aliphatic rings. The number of halogens is 4. The Balaban J connectivity index is 0.000000182. The van der Waals surface area contributed by atoms with Crippen LogP contribution in [-0.2, 0) is 0 Å². The van der Waals surface area contributed by atoms with E-state index in [1.807, 2.05) is 24.3 Å². The first-order chi connectivity index (χ1) is 22.3. The molecular formula is C39H48F4O3. The Morgan fingerprint density at radius 3 is 1.72 bits per heavy atom. The van der Waals surface area contributed by atoms with Gasteiger partial charge in [-0.15, -0.1) is 0 Å². The molecule has 1 N–H and O–H groups in total. The van der Waals surface area contributed by atoms with E-state index in [0.29, 0.717) is 18.1 Å². The predicted molar refractivity (Wildman–Crippen MR) is 174 cm³/mol. The van der Waals surface area contributed by atoms with Crippen LogP contribution in [-0.4, -0.2) is 18.3 Å². The average Bonchev–Trinajstić information content (AvgIpc) is 3.82. The van der Waals surface area contributed by atoms with Crippen LogP contribution in [0.25, 0.3) is 11.1 Å². The van der Waals surface area contributed by atoms with Crippen molar-refractivity contribution in [3.8, 4) is 22.6 Å². The molecule has 0 spiro atoms. The molecule has 0 bridgehead atoms. The molecule has 7 heteroatoms. The lowest BCUT2D eigenvalue weighted by atomic mass is 9.73. The SMILES string of the molecule is CCOc1ccc(-c2ccc(C3CCCC3)cc2)c(F)c1F.CCOc1ccc(C(O)C2CCC(C3CCCC3)CC2)c(F)c1F. The second-order valence-corrected chi connectivity index (χ2v) is 13.2. The molecule has 1 atom stereocenters. The summed E-state index contributed by atoms with van der Waals surface area (Å²) >= 11 is 0. The monoisotopic (exact) mass is 640 g/mol. The molecule has 0 aliphatic heterocycles. The number of ether oxygens (including phenoxy) is 2. The van der Waals surface area contributed by atoms with Crippen molar-refractivity contribution in [2.75, 3.05) is 13.2 Å². The van der Waals surface area contributed by atoms with E-state index in [2.05, 4.69) is 0 Å². The van der Waals surface area contributed by atoms with Gasteiger partial charge in [-0.05, 0) is 111 Å². The van der Waals surface area contributed by atoms with E-state index >= 15 is 0 Å². The van der Waals surface area contributed by atoms with Crippen LogP contribution in [0, 0.1) is 41.0 Å². The van der Waals surface area contributed by atoms with Crippen molar-refractivity contribution < 1.29 is 32.1 Å². The van der Waals surface area contributed by atoms with Crippen molar-refractivity contribution in [2.45, 2.75) is 103 Å². The summed E-state index contributed by atoms with van der Waals surface area (Å²) in [4.78, 5) is 0. The van der Waals surface area contributed by atoms with Gasteiger partial charge in [-0.1, -0.05) is 62.8 Å². The third kappa shape index (κ3) is 7.90. The van der Waals surface area contributed by atoms with Crippen LogP contribution in [0.5, 0.6) is 11.5 Å². The highest BCUT2D eigenvalue weighted by Crippen LogP contribution is 2.44. The third-order valence-electron chi connectivity index (χ3n) is 10.4. The highest BCUT2D eigenvalue weighted by Gasteiger charge is 2.34. The highest BCUT2D eigenvalue weighted by atomic mass is 19.2. The molecule has 1 unspecified atom stereocenters. The number of aliphatic hydroxyl groups is 1. The molecule has 6 rings (SSSR count). The van der Waals surface area contributed by atoms with Gasteiger partial charge in [0.25, 0.3) is 0 Å². The van der Waals surface area contributed by atoms with Gasteiger partial charge in [0, 0.05) is 11.1 Å². The Kier molecular flexibility index (Phi) is 12.0. The Hall–Kier alpha value is -3.06. The lowest BCUT2D eigenvalue weighted by Gasteiger charge is -2.34. The lowest BCUT2D eigenvalue weighted by molar-refractivity contribution is 0.0611. The average molecular weight is 641 g/mol. The van der Waals surface area contributed by atoms with Crippen molar-refractivity contribution in [3.05, 3.63) is 82.9 Å². The van der Waals surface area contributed by atoms with E-state index in [0.717, 1.165) is 37.5 Å². The van der Waals surface area contributed by atoms with Crippen LogP contribution in [0.1, 0.15) is 114 Å². The van der Waals surface area contributed by atoms with E-state index < -0.39 is 29.4 Å². The van der Waals surface area contributed by atoms with Crippen molar-refractivity contribution in [1.82, 2.24) is 0 Å². The fourth-order valence-electron chi connectivity index (χ4n) is 7.87. The minimum Gasteiger partial charge on any atom is -0.491 e. The molecule has 0 amide bonds. The maximum Gasteiger partial charge on any atom is 0.201 e. The van der Waals surface area contributed by atoms with Gasteiger partial charge in [-0.3, -0.25) is 0 Å². The summed E-state index contributed by atoms with van der Waals surface area (Å²) in [5.74, 6) is -1.59. The summed E-state index contributed by atoms with van der Waals surface area (Å²) in [6.45, 7) is 4.06. The summed E-state index contributed by atoms with van der Waals surface area (Å²) in [5, 5.41) is 10.6.